The first-order valence-electron chi connectivity index (χ1n) is 11.7. The van der Waals surface area contributed by atoms with Crippen LogP contribution in [0.1, 0.15) is 22.4 Å². The average molecular weight is 536 g/mol. The Morgan fingerprint density at radius 2 is 1.76 bits per heavy atom. The zero-order valence-electron chi connectivity index (χ0n) is 20.4. The number of thiazole rings is 1. The van der Waals surface area contributed by atoms with E-state index in [2.05, 4.69) is 20.2 Å². The molecule has 4 aromatic rings. The van der Waals surface area contributed by atoms with Crippen molar-refractivity contribution in [3.05, 3.63) is 64.9 Å². The van der Waals surface area contributed by atoms with E-state index in [0.717, 1.165) is 16.3 Å². The Bertz CT molecular complexity index is 1400. The molecule has 5 rings (SSSR count). The van der Waals surface area contributed by atoms with E-state index in [0.29, 0.717) is 54.4 Å². The van der Waals surface area contributed by atoms with Crippen LogP contribution >= 0.6 is 23.1 Å². The first-order chi connectivity index (χ1) is 18.0. The molecule has 0 atom stereocenters. The summed E-state index contributed by atoms with van der Waals surface area (Å²) in [6, 6.07) is 11.5. The summed E-state index contributed by atoms with van der Waals surface area (Å²) in [6.07, 6.45) is 3.44. The van der Waals surface area contributed by atoms with E-state index in [1.165, 1.54) is 23.1 Å². The molecule has 1 aromatic carbocycles. The second-order valence-electron chi connectivity index (χ2n) is 8.26. The third-order valence-electron chi connectivity index (χ3n) is 6.01. The molecule has 1 saturated heterocycles. The van der Waals surface area contributed by atoms with Crippen LogP contribution < -0.4 is 4.74 Å². The van der Waals surface area contributed by atoms with Gasteiger partial charge in [0.05, 0.1) is 18.6 Å². The number of carbonyl (C=O) groups is 2. The Labute approximate surface area is 222 Å². The van der Waals surface area contributed by atoms with Crippen molar-refractivity contribution in [2.75, 3.05) is 33.3 Å². The van der Waals surface area contributed by atoms with Gasteiger partial charge < -0.3 is 14.5 Å². The van der Waals surface area contributed by atoms with E-state index in [-0.39, 0.29) is 11.8 Å². The summed E-state index contributed by atoms with van der Waals surface area (Å²) in [6.45, 7) is 3.68. The molecule has 0 spiro atoms. The van der Waals surface area contributed by atoms with Gasteiger partial charge in [0.2, 0.25) is 5.91 Å². The number of piperazine rings is 1. The van der Waals surface area contributed by atoms with Crippen LogP contribution in [0.15, 0.2) is 59.3 Å². The number of para-hydroxylation sites is 2. The van der Waals surface area contributed by atoms with Gasteiger partial charge in [-0.2, -0.15) is 0 Å². The largest absolute Gasteiger partial charge is 0.495 e. The number of rotatable bonds is 7. The van der Waals surface area contributed by atoms with E-state index < -0.39 is 0 Å². The smallest absolute Gasteiger partial charge is 0.273 e. The van der Waals surface area contributed by atoms with Crippen molar-refractivity contribution in [1.29, 1.82) is 0 Å². The molecule has 4 heterocycles. The summed E-state index contributed by atoms with van der Waals surface area (Å²) >= 11 is 2.94. The lowest BCUT2D eigenvalue weighted by Gasteiger charge is -2.33. The molecule has 0 saturated carbocycles. The Morgan fingerprint density at radius 3 is 2.49 bits per heavy atom. The molecule has 2 amide bonds. The second-order valence-corrected chi connectivity index (χ2v) is 10.1. The predicted octanol–water partition coefficient (Wildman–Crippen LogP) is 3.39. The van der Waals surface area contributed by atoms with E-state index in [1.54, 1.807) is 41.6 Å². The summed E-state index contributed by atoms with van der Waals surface area (Å²) < 4.78 is 7.58. The monoisotopic (exact) mass is 535 g/mol. The van der Waals surface area contributed by atoms with Gasteiger partial charge in [-0.1, -0.05) is 23.9 Å². The Balaban J connectivity index is 1.35. The van der Waals surface area contributed by atoms with Crippen molar-refractivity contribution in [2.24, 2.45) is 0 Å². The standard InChI is InChI=1S/C25H25N7O3S2/c1-17(33)30-11-13-31(14-12-30)24(34)19-15-36-22(27-19)16-37-25-29-28-23(18-7-9-26-10-8-18)32(25)20-5-3-4-6-21(20)35-2/h3-10,15H,11-14,16H2,1-2H3. The molecule has 0 aliphatic carbocycles. The third kappa shape index (κ3) is 5.35. The van der Waals surface area contributed by atoms with Gasteiger partial charge in [-0.15, -0.1) is 21.5 Å². The van der Waals surface area contributed by atoms with Crippen LogP contribution in [-0.2, 0) is 10.5 Å². The Hall–Kier alpha value is -3.77. The van der Waals surface area contributed by atoms with Crippen LogP contribution in [-0.4, -0.2) is 79.6 Å². The van der Waals surface area contributed by atoms with Gasteiger partial charge in [-0.3, -0.25) is 19.1 Å². The highest BCUT2D eigenvalue weighted by molar-refractivity contribution is 7.98. The fourth-order valence-electron chi connectivity index (χ4n) is 4.07. The number of hydrogen-bond acceptors (Lipinski definition) is 9. The number of benzene rings is 1. The molecule has 0 N–H and O–H groups in total. The fraction of sp³-hybridized carbons (Fsp3) is 0.280. The molecule has 12 heteroatoms. The zero-order valence-corrected chi connectivity index (χ0v) is 22.0. The zero-order chi connectivity index (χ0) is 25.8. The molecule has 0 bridgehead atoms. The van der Waals surface area contributed by atoms with Crippen molar-refractivity contribution in [3.63, 3.8) is 0 Å². The van der Waals surface area contributed by atoms with E-state index in [1.807, 2.05) is 41.0 Å². The number of amides is 2. The normalized spacial score (nSPS) is 13.6. The summed E-state index contributed by atoms with van der Waals surface area (Å²) in [7, 11) is 1.64. The van der Waals surface area contributed by atoms with Gasteiger partial charge >= 0.3 is 0 Å². The Morgan fingerprint density at radius 1 is 1.03 bits per heavy atom. The molecule has 0 radical (unpaired) electrons. The highest BCUT2D eigenvalue weighted by atomic mass is 32.2. The summed E-state index contributed by atoms with van der Waals surface area (Å²) in [4.78, 5) is 36.7. The fourth-order valence-corrected chi connectivity index (χ4v) is 5.80. The van der Waals surface area contributed by atoms with Crippen LogP contribution in [0.3, 0.4) is 0 Å². The van der Waals surface area contributed by atoms with E-state index in [4.69, 9.17) is 4.74 Å². The molecule has 1 aliphatic rings. The van der Waals surface area contributed by atoms with Crippen molar-refractivity contribution in [1.82, 2.24) is 34.5 Å². The van der Waals surface area contributed by atoms with Gasteiger partial charge in [-0.25, -0.2) is 4.98 Å². The lowest BCUT2D eigenvalue weighted by Crippen LogP contribution is -2.50. The van der Waals surface area contributed by atoms with Crippen LogP contribution in [0, 0.1) is 0 Å². The number of ether oxygens (including phenoxy) is 1. The predicted molar refractivity (Wildman–Crippen MR) is 141 cm³/mol. The van der Waals surface area contributed by atoms with Crippen molar-refractivity contribution < 1.29 is 14.3 Å². The number of carbonyl (C=O) groups excluding carboxylic acids is 2. The van der Waals surface area contributed by atoms with Crippen molar-refractivity contribution in [3.8, 4) is 22.8 Å². The molecular weight excluding hydrogens is 510 g/mol. The quantitative estimate of drug-likeness (QED) is 0.332. The van der Waals surface area contributed by atoms with Crippen LogP contribution in [0.5, 0.6) is 5.75 Å². The number of pyridine rings is 1. The van der Waals surface area contributed by atoms with Gasteiger partial charge in [0.1, 0.15) is 16.5 Å². The Kier molecular flexibility index (Phi) is 7.47. The molecule has 10 nitrogen and oxygen atoms in total. The number of aromatic nitrogens is 5. The van der Waals surface area contributed by atoms with Crippen LogP contribution in [0.2, 0.25) is 0 Å². The molecule has 0 unspecified atom stereocenters. The summed E-state index contributed by atoms with van der Waals surface area (Å²) in [5, 5.41) is 12.2. The van der Waals surface area contributed by atoms with E-state index >= 15 is 0 Å². The lowest BCUT2D eigenvalue weighted by atomic mass is 10.2. The second kappa shape index (κ2) is 11.1. The first kappa shape index (κ1) is 24.9. The minimum Gasteiger partial charge on any atom is -0.495 e. The molecule has 37 heavy (non-hydrogen) atoms. The topological polar surface area (TPSA) is 106 Å². The average Bonchev–Trinajstić information content (AvgIpc) is 3.59. The summed E-state index contributed by atoms with van der Waals surface area (Å²) in [5.74, 6) is 1.83. The minimum atomic E-state index is -0.104. The van der Waals surface area contributed by atoms with Gasteiger partial charge in [-0.05, 0) is 24.3 Å². The number of hydrogen-bond donors (Lipinski definition) is 0. The first-order valence-corrected chi connectivity index (χ1v) is 13.5. The molecular formula is C25H25N7O3S2. The summed E-state index contributed by atoms with van der Waals surface area (Å²) in [5.41, 5.74) is 2.14. The van der Waals surface area contributed by atoms with Crippen LogP contribution in [0.4, 0.5) is 0 Å². The van der Waals surface area contributed by atoms with Gasteiger partial charge in [0.15, 0.2) is 11.0 Å². The van der Waals surface area contributed by atoms with Crippen LogP contribution in [0.25, 0.3) is 17.1 Å². The highest BCUT2D eigenvalue weighted by Gasteiger charge is 2.25. The maximum Gasteiger partial charge on any atom is 0.273 e. The maximum absolute atomic E-state index is 12.9. The number of methoxy groups -OCH3 is 1. The van der Waals surface area contributed by atoms with Gasteiger partial charge in [0.25, 0.3) is 5.91 Å². The minimum absolute atomic E-state index is 0.0353. The molecule has 190 valence electrons. The number of nitrogens with zero attached hydrogens (tertiary/aromatic N) is 7. The van der Waals surface area contributed by atoms with Crippen molar-refractivity contribution in [2.45, 2.75) is 17.8 Å². The SMILES string of the molecule is COc1ccccc1-n1c(SCc2nc(C(=O)N3CCN(C(C)=O)CC3)cs2)nnc1-c1ccncc1. The lowest BCUT2D eigenvalue weighted by molar-refractivity contribution is -0.130. The molecule has 1 fully saturated rings. The van der Waals surface area contributed by atoms with Crippen molar-refractivity contribution >= 4 is 34.9 Å². The third-order valence-corrected chi connectivity index (χ3v) is 7.98. The maximum atomic E-state index is 12.9. The number of thioether (sulfide) groups is 1. The molecule has 1 aliphatic heterocycles. The molecule has 3 aromatic heterocycles. The van der Waals surface area contributed by atoms with Gasteiger partial charge in [0, 0.05) is 56.4 Å². The highest BCUT2D eigenvalue weighted by Crippen LogP contribution is 2.33. The van der Waals surface area contributed by atoms with E-state index in [9.17, 15) is 9.59 Å².